The Kier molecular flexibility index (Phi) is 5.88. The van der Waals surface area contributed by atoms with Gasteiger partial charge < -0.3 is 19.4 Å². The second-order valence-electron chi connectivity index (χ2n) is 6.85. The fourth-order valence-electron chi connectivity index (χ4n) is 3.32. The van der Waals surface area contributed by atoms with Crippen LogP contribution >= 0.6 is 0 Å². The van der Waals surface area contributed by atoms with Crippen molar-refractivity contribution < 1.29 is 19.1 Å². The Bertz CT molecular complexity index is 694. The van der Waals surface area contributed by atoms with Crippen molar-refractivity contribution in [3.05, 3.63) is 17.8 Å². The minimum Gasteiger partial charge on any atom is -0.448 e. The molecule has 1 unspecified atom stereocenters. The van der Waals surface area contributed by atoms with Crippen molar-refractivity contribution in [1.82, 2.24) is 20.0 Å². The molecular formula is C18H25N5O4. The quantitative estimate of drug-likeness (QED) is 0.699. The topological polar surface area (TPSA) is 95.9 Å². The maximum Gasteiger partial charge on any atom is 0.359 e. The third-order valence-corrected chi connectivity index (χ3v) is 4.96. The number of rotatable bonds is 4. The Hall–Kier alpha value is -2.71. The average Bonchev–Trinajstić information content (AvgIpc) is 3.22. The molecule has 146 valence electrons. The monoisotopic (exact) mass is 375 g/mol. The molecule has 9 nitrogen and oxygen atoms in total. The van der Waals surface area contributed by atoms with E-state index >= 15 is 0 Å². The van der Waals surface area contributed by atoms with E-state index in [1.807, 2.05) is 0 Å². The van der Waals surface area contributed by atoms with Gasteiger partial charge >= 0.3 is 5.97 Å². The number of carbonyl (C=O) groups is 3. The molecular weight excluding hydrogens is 350 g/mol. The van der Waals surface area contributed by atoms with Crippen LogP contribution in [0.4, 0.5) is 5.82 Å². The molecule has 0 aromatic carbocycles. The van der Waals surface area contributed by atoms with Crippen LogP contribution < -0.4 is 4.90 Å². The number of amides is 2. The minimum atomic E-state index is -0.915. The van der Waals surface area contributed by atoms with Gasteiger partial charge in [0.1, 0.15) is 0 Å². The molecule has 0 aliphatic carbocycles. The molecule has 0 bridgehead atoms. The highest BCUT2D eigenvalue weighted by Crippen LogP contribution is 2.17. The van der Waals surface area contributed by atoms with Crippen LogP contribution in [0.15, 0.2) is 12.1 Å². The SMILES string of the molecule is CC(=O)N1CCN(C(=O)C(C)OC(=O)c2ccc(N3CCCC3)nn2)CC1. The third-order valence-electron chi connectivity index (χ3n) is 4.96. The molecule has 9 heteroatoms. The lowest BCUT2D eigenvalue weighted by atomic mass is 10.2. The van der Waals surface area contributed by atoms with Crippen molar-refractivity contribution in [2.24, 2.45) is 0 Å². The zero-order chi connectivity index (χ0) is 19.4. The smallest absolute Gasteiger partial charge is 0.359 e. The molecule has 0 saturated carbocycles. The van der Waals surface area contributed by atoms with E-state index in [2.05, 4.69) is 15.1 Å². The highest BCUT2D eigenvalue weighted by molar-refractivity contribution is 5.90. The Morgan fingerprint density at radius 2 is 1.59 bits per heavy atom. The number of nitrogens with zero attached hydrogens (tertiary/aromatic N) is 5. The summed E-state index contributed by atoms with van der Waals surface area (Å²) >= 11 is 0. The summed E-state index contributed by atoms with van der Waals surface area (Å²) in [5.41, 5.74) is 0.0824. The van der Waals surface area contributed by atoms with E-state index in [-0.39, 0.29) is 17.5 Å². The Morgan fingerprint density at radius 1 is 0.963 bits per heavy atom. The number of ether oxygens (including phenoxy) is 1. The number of hydrogen-bond donors (Lipinski definition) is 0. The highest BCUT2D eigenvalue weighted by atomic mass is 16.5. The minimum absolute atomic E-state index is 0.00229. The number of esters is 1. The van der Waals surface area contributed by atoms with E-state index in [4.69, 9.17) is 4.74 Å². The van der Waals surface area contributed by atoms with Gasteiger partial charge in [-0.15, -0.1) is 10.2 Å². The van der Waals surface area contributed by atoms with Gasteiger partial charge in [0, 0.05) is 46.2 Å². The fourth-order valence-corrected chi connectivity index (χ4v) is 3.32. The predicted molar refractivity (Wildman–Crippen MR) is 97.2 cm³/mol. The van der Waals surface area contributed by atoms with Crippen LogP contribution in [0.3, 0.4) is 0 Å². The lowest BCUT2D eigenvalue weighted by Gasteiger charge is -2.35. The fraction of sp³-hybridized carbons (Fsp3) is 0.611. The summed E-state index contributed by atoms with van der Waals surface area (Å²) in [5, 5.41) is 8.03. The van der Waals surface area contributed by atoms with E-state index in [1.54, 1.807) is 28.9 Å². The van der Waals surface area contributed by atoms with E-state index in [1.165, 1.54) is 6.92 Å². The van der Waals surface area contributed by atoms with Gasteiger partial charge in [-0.3, -0.25) is 9.59 Å². The molecule has 1 aromatic heterocycles. The normalized spacial score (nSPS) is 18.4. The van der Waals surface area contributed by atoms with Gasteiger partial charge in [0.15, 0.2) is 17.6 Å². The molecule has 2 amide bonds. The lowest BCUT2D eigenvalue weighted by molar-refractivity contribution is -0.144. The summed E-state index contributed by atoms with van der Waals surface area (Å²) in [5.74, 6) is -0.194. The first-order valence-corrected chi connectivity index (χ1v) is 9.29. The van der Waals surface area contributed by atoms with Gasteiger partial charge in [0.25, 0.3) is 5.91 Å². The van der Waals surface area contributed by atoms with Crippen LogP contribution in [-0.2, 0) is 14.3 Å². The lowest BCUT2D eigenvalue weighted by Crippen LogP contribution is -2.52. The van der Waals surface area contributed by atoms with Crippen LogP contribution in [-0.4, -0.2) is 83.2 Å². The van der Waals surface area contributed by atoms with E-state index in [0.29, 0.717) is 26.2 Å². The Balaban J connectivity index is 1.52. The van der Waals surface area contributed by atoms with Crippen LogP contribution in [0.5, 0.6) is 0 Å². The molecule has 3 rings (SSSR count). The van der Waals surface area contributed by atoms with Gasteiger partial charge in [0.2, 0.25) is 5.91 Å². The van der Waals surface area contributed by atoms with Crippen molar-refractivity contribution in [2.45, 2.75) is 32.8 Å². The second-order valence-corrected chi connectivity index (χ2v) is 6.85. The Morgan fingerprint density at radius 3 is 2.15 bits per heavy atom. The van der Waals surface area contributed by atoms with Gasteiger partial charge in [-0.2, -0.15) is 0 Å². The van der Waals surface area contributed by atoms with Crippen molar-refractivity contribution in [3.63, 3.8) is 0 Å². The van der Waals surface area contributed by atoms with Crippen molar-refractivity contribution >= 4 is 23.6 Å². The first-order chi connectivity index (χ1) is 13.0. The number of carbonyl (C=O) groups excluding carboxylic acids is 3. The number of aromatic nitrogens is 2. The largest absolute Gasteiger partial charge is 0.448 e. The van der Waals surface area contributed by atoms with E-state index in [0.717, 1.165) is 31.7 Å². The maximum absolute atomic E-state index is 12.5. The van der Waals surface area contributed by atoms with Gasteiger partial charge in [-0.25, -0.2) is 4.79 Å². The number of hydrogen-bond acceptors (Lipinski definition) is 7. The molecule has 2 saturated heterocycles. The first kappa shape index (κ1) is 19.1. The summed E-state index contributed by atoms with van der Waals surface area (Å²) in [7, 11) is 0. The highest BCUT2D eigenvalue weighted by Gasteiger charge is 2.28. The van der Waals surface area contributed by atoms with Crippen LogP contribution in [0, 0.1) is 0 Å². The molecule has 2 aliphatic heterocycles. The van der Waals surface area contributed by atoms with Gasteiger partial charge in [0.05, 0.1) is 0 Å². The predicted octanol–water partition coefficient (Wildman–Crippen LogP) is 0.313. The Labute approximate surface area is 158 Å². The first-order valence-electron chi connectivity index (χ1n) is 9.29. The zero-order valence-electron chi connectivity index (χ0n) is 15.8. The molecule has 0 N–H and O–H groups in total. The summed E-state index contributed by atoms with van der Waals surface area (Å²) in [4.78, 5) is 41.5. The molecule has 1 aromatic rings. The molecule has 3 heterocycles. The molecule has 27 heavy (non-hydrogen) atoms. The third kappa shape index (κ3) is 4.53. The standard InChI is InChI=1S/C18H25N5O4/c1-13(17(25)23-11-9-21(10-12-23)14(2)24)27-18(26)15-5-6-16(20-19-15)22-7-3-4-8-22/h5-6,13H,3-4,7-12H2,1-2H3. The zero-order valence-corrected chi connectivity index (χ0v) is 15.8. The van der Waals surface area contributed by atoms with Crippen molar-refractivity contribution in [1.29, 1.82) is 0 Å². The van der Waals surface area contributed by atoms with Gasteiger partial charge in [-0.05, 0) is 31.9 Å². The number of anilines is 1. The van der Waals surface area contributed by atoms with Crippen LogP contribution in [0.1, 0.15) is 37.2 Å². The van der Waals surface area contributed by atoms with E-state index < -0.39 is 12.1 Å². The van der Waals surface area contributed by atoms with Crippen molar-refractivity contribution in [2.75, 3.05) is 44.2 Å². The van der Waals surface area contributed by atoms with E-state index in [9.17, 15) is 14.4 Å². The van der Waals surface area contributed by atoms with Crippen molar-refractivity contribution in [3.8, 4) is 0 Å². The summed E-state index contributed by atoms with van der Waals surface area (Å²) in [6.07, 6.45) is 1.35. The number of piperazine rings is 1. The maximum atomic E-state index is 12.5. The van der Waals surface area contributed by atoms with Crippen LogP contribution in [0.2, 0.25) is 0 Å². The van der Waals surface area contributed by atoms with Gasteiger partial charge in [-0.1, -0.05) is 0 Å². The molecule has 0 radical (unpaired) electrons. The summed E-state index contributed by atoms with van der Waals surface area (Å²) in [6, 6.07) is 3.33. The molecule has 1 atom stereocenters. The van der Waals surface area contributed by atoms with Crippen LogP contribution in [0.25, 0.3) is 0 Å². The summed E-state index contributed by atoms with van der Waals surface area (Å²) in [6.45, 7) is 6.80. The average molecular weight is 375 g/mol. The molecule has 0 spiro atoms. The molecule has 2 aliphatic rings. The second kappa shape index (κ2) is 8.32. The summed E-state index contributed by atoms with van der Waals surface area (Å²) < 4.78 is 5.26. The molecule has 2 fully saturated rings.